The van der Waals surface area contributed by atoms with E-state index in [1.54, 1.807) is 32.0 Å². The third kappa shape index (κ3) is 8.22. The highest BCUT2D eigenvalue weighted by atomic mass is 32.1. The molecule has 0 aliphatic rings. The maximum absolute atomic E-state index is 13.8. The van der Waals surface area contributed by atoms with Crippen molar-refractivity contribution in [3.8, 4) is 5.75 Å². The Labute approximate surface area is 256 Å². The number of hydrogen-bond donors (Lipinski definition) is 5. The number of fused-ring (bicyclic) bond motifs is 1. The Bertz CT molecular complexity index is 1700. The lowest BCUT2D eigenvalue weighted by Gasteiger charge is -2.20. The summed E-state index contributed by atoms with van der Waals surface area (Å²) in [5.74, 6) is -2.34. The summed E-state index contributed by atoms with van der Waals surface area (Å²) in [6.45, 7) is 3.79. The van der Waals surface area contributed by atoms with Gasteiger partial charge in [-0.2, -0.15) is 26.3 Å². The predicted octanol–water partition coefficient (Wildman–Crippen LogP) is 7.30. The average molecular weight is 660 g/mol. The number of thiophene rings is 1. The molecule has 0 fully saturated rings. The molecule has 7 nitrogen and oxygen atoms in total. The molecule has 0 bridgehead atoms. The number of aliphatic hydroxyl groups is 2. The molecule has 1 amide bonds. The highest BCUT2D eigenvalue weighted by Crippen LogP contribution is 2.42. The van der Waals surface area contributed by atoms with Crippen molar-refractivity contribution < 1.29 is 50.5 Å². The fourth-order valence-corrected chi connectivity index (χ4v) is 5.52. The molecule has 1 unspecified atom stereocenters. The lowest BCUT2D eigenvalue weighted by molar-refractivity contribution is -0.140. The third-order valence-electron chi connectivity index (χ3n) is 6.51. The molecule has 0 radical (unpaired) electrons. The second-order valence-electron chi connectivity index (χ2n) is 10.7. The number of amides is 1. The average Bonchev–Trinajstić information content (AvgIpc) is 3.30. The van der Waals surface area contributed by atoms with Crippen molar-refractivity contribution >= 4 is 38.7 Å². The minimum Gasteiger partial charge on any atom is -0.496 e. The number of alkyl halides is 6. The lowest BCUT2D eigenvalue weighted by Crippen LogP contribution is -2.34. The second kappa shape index (κ2) is 12.8. The molecule has 1 aromatic heterocycles. The van der Waals surface area contributed by atoms with Gasteiger partial charge in [0.25, 0.3) is 5.91 Å². The summed E-state index contributed by atoms with van der Waals surface area (Å²) in [7, 11) is 1.35. The summed E-state index contributed by atoms with van der Waals surface area (Å²) in [6, 6.07) is 9.40. The molecule has 4 aromatic rings. The Kier molecular flexibility index (Phi) is 9.68. The van der Waals surface area contributed by atoms with Crippen LogP contribution in [0.3, 0.4) is 0 Å². The zero-order chi connectivity index (χ0) is 33.3. The molecule has 1 heterocycles. The van der Waals surface area contributed by atoms with Crippen molar-refractivity contribution in [2.45, 2.75) is 44.6 Å². The number of anilines is 2. The number of ether oxygens (including phenoxy) is 1. The van der Waals surface area contributed by atoms with Crippen LogP contribution in [0.15, 0.2) is 54.6 Å². The molecule has 0 aliphatic carbocycles. The van der Waals surface area contributed by atoms with Crippen LogP contribution in [-0.2, 0) is 18.9 Å². The monoisotopic (exact) mass is 659 g/mol. The quantitative estimate of drug-likeness (QED) is 0.0905. The second-order valence-corrected chi connectivity index (χ2v) is 11.8. The van der Waals surface area contributed by atoms with Crippen LogP contribution in [-0.4, -0.2) is 35.4 Å². The van der Waals surface area contributed by atoms with Crippen LogP contribution in [0.5, 0.6) is 5.75 Å². The summed E-state index contributed by atoms with van der Waals surface area (Å²) in [5, 5.41) is 29.4. The molecule has 0 aliphatic heterocycles. The number of nitrogens with one attached hydrogen (secondary N) is 3. The van der Waals surface area contributed by atoms with Crippen molar-refractivity contribution in [3.05, 3.63) is 87.5 Å². The minimum absolute atomic E-state index is 0.00343. The summed E-state index contributed by atoms with van der Waals surface area (Å²) in [5.41, 5.74) is -3.25. The Morgan fingerprint density at radius 2 is 1.69 bits per heavy atom. The van der Waals surface area contributed by atoms with Gasteiger partial charge in [-0.25, -0.2) is 4.39 Å². The van der Waals surface area contributed by atoms with E-state index in [0.717, 1.165) is 24.3 Å². The van der Waals surface area contributed by atoms with Crippen molar-refractivity contribution in [2.24, 2.45) is 0 Å². The van der Waals surface area contributed by atoms with E-state index in [0.29, 0.717) is 35.6 Å². The topological polar surface area (TPSA) is 103 Å². The van der Waals surface area contributed by atoms with Crippen LogP contribution in [0, 0.1) is 5.82 Å². The Morgan fingerprint density at radius 1 is 0.978 bits per heavy atom. The number of hydrogen-bond acceptors (Lipinski definition) is 7. The number of carbonyl (C=O) groups excluding carboxylic acids is 1. The third-order valence-corrected chi connectivity index (χ3v) is 7.66. The molecule has 3 aromatic carbocycles. The first-order valence-corrected chi connectivity index (χ1v) is 14.1. The number of halogens is 7. The molecule has 45 heavy (non-hydrogen) atoms. The van der Waals surface area contributed by atoms with Gasteiger partial charge in [-0.3, -0.25) is 4.79 Å². The van der Waals surface area contributed by atoms with Crippen LogP contribution in [0.25, 0.3) is 10.1 Å². The first kappa shape index (κ1) is 34.0. The SMILES string of the molecule is COc1ccc(CNCC(C)(C)O)cc1C(O)Nc1c(C(=O)Nc2ccc(F)c(C(F)(F)F)c2)sc2cc(C(F)(F)F)ccc12. The molecule has 0 saturated heterocycles. The Hall–Kier alpha value is -3.92. The summed E-state index contributed by atoms with van der Waals surface area (Å²) in [6.07, 6.45) is -11.3. The maximum Gasteiger partial charge on any atom is 0.419 e. The molecule has 0 spiro atoms. The molecule has 1 atom stereocenters. The molecule has 0 saturated carbocycles. The number of methoxy groups -OCH3 is 1. The van der Waals surface area contributed by atoms with Crippen molar-refractivity contribution in [3.63, 3.8) is 0 Å². The number of rotatable bonds is 10. The van der Waals surface area contributed by atoms with E-state index in [2.05, 4.69) is 16.0 Å². The van der Waals surface area contributed by atoms with E-state index in [4.69, 9.17) is 4.74 Å². The van der Waals surface area contributed by atoms with E-state index < -0.39 is 52.7 Å². The standard InChI is InChI=1S/C30H28F7N3O4S/c1-28(2,43)14-38-13-15-4-9-22(44-3)19(10-15)26(41)40-24-18-7-5-16(29(32,33)34)11-23(18)45-25(24)27(42)39-17-6-8-21(31)20(12-17)30(35,36)37/h4-12,26,38,40-41,43H,13-14H2,1-3H3,(H,39,42). The number of carbonyl (C=O) groups is 1. The summed E-state index contributed by atoms with van der Waals surface area (Å²) < 4.78 is 99.2. The van der Waals surface area contributed by atoms with Gasteiger partial charge in [0, 0.05) is 34.4 Å². The first-order chi connectivity index (χ1) is 20.9. The molecule has 15 heteroatoms. The van der Waals surface area contributed by atoms with Gasteiger partial charge in [-0.05, 0) is 61.9 Å². The molecule has 4 rings (SSSR count). The van der Waals surface area contributed by atoms with E-state index in [9.17, 15) is 45.7 Å². The van der Waals surface area contributed by atoms with E-state index >= 15 is 0 Å². The van der Waals surface area contributed by atoms with Gasteiger partial charge in [0.05, 0.1) is 29.5 Å². The van der Waals surface area contributed by atoms with E-state index in [-0.39, 0.29) is 38.5 Å². The Balaban J connectivity index is 1.73. The summed E-state index contributed by atoms with van der Waals surface area (Å²) in [4.78, 5) is 13.1. The minimum atomic E-state index is -5.05. The van der Waals surface area contributed by atoms with Gasteiger partial charge in [0.2, 0.25) is 0 Å². The van der Waals surface area contributed by atoms with Gasteiger partial charge in [0.1, 0.15) is 16.4 Å². The lowest BCUT2D eigenvalue weighted by atomic mass is 10.1. The number of benzene rings is 3. The number of aliphatic hydroxyl groups excluding tert-OH is 1. The smallest absolute Gasteiger partial charge is 0.419 e. The van der Waals surface area contributed by atoms with Gasteiger partial charge in [-0.1, -0.05) is 12.1 Å². The van der Waals surface area contributed by atoms with Gasteiger partial charge < -0.3 is 30.9 Å². The van der Waals surface area contributed by atoms with Crippen LogP contribution in [0.2, 0.25) is 0 Å². The highest BCUT2D eigenvalue weighted by molar-refractivity contribution is 7.21. The van der Waals surface area contributed by atoms with Crippen molar-refractivity contribution in [1.29, 1.82) is 0 Å². The van der Waals surface area contributed by atoms with Crippen molar-refractivity contribution in [2.75, 3.05) is 24.3 Å². The van der Waals surface area contributed by atoms with Gasteiger partial charge in [0.15, 0.2) is 6.23 Å². The molecular formula is C30H28F7N3O4S. The largest absolute Gasteiger partial charge is 0.496 e. The summed E-state index contributed by atoms with van der Waals surface area (Å²) >= 11 is 0.611. The van der Waals surface area contributed by atoms with Crippen LogP contribution < -0.4 is 20.7 Å². The van der Waals surface area contributed by atoms with Crippen LogP contribution in [0.1, 0.15) is 52.0 Å². The predicted molar refractivity (Wildman–Crippen MR) is 156 cm³/mol. The Morgan fingerprint density at radius 3 is 2.31 bits per heavy atom. The van der Waals surface area contributed by atoms with Crippen LogP contribution in [0.4, 0.5) is 42.1 Å². The van der Waals surface area contributed by atoms with E-state index in [1.807, 2.05) is 0 Å². The van der Waals surface area contributed by atoms with Gasteiger partial charge in [-0.15, -0.1) is 11.3 Å². The maximum atomic E-state index is 13.8. The van der Waals surface area contributed by atoms with Crippen molar-refractivity contribution in [1.82, 2.24) is 5.32 Å². The fourth-order valence-electron chi connectivity index (χ4n) is 4.42. The zero-order valence-electron chi connectivity index (χ0n) is 24.0. The molecule has 242 valence electrons. The first-order valence-electron chi connectivity index (χ1n) is 13.2. The fraction of sp³-hybridized carbons (Fsp3) is 0.300. The highest BCUT2D eigenvalue weighted by Gasteiger charge is 2.35. The van der Waals surface area contributed by atoms with Gasteiger partial charge >= 0.3 is 12.4 Å². The normalized spacial score (nSPS) is 13.2. The van der Waals surface area contributed by atoms with E-state index in [1.165, 1.54) is 7.11 Å². The zero-order valence-corrected chi connectivity index (χ0v) is 24.8. The molecule has 5 N–H and O–H groups in total. The molecular weight excluding hydrogens is 631 g/mol. The van der Waals surface area contributed by atoms with Crippen LogP contribution >= 0.6 is 11.3 Å².